The molecule has 29 heavy (non-hydrogen) atoms. The van der Waals surface area contributed by atoms with Crippen molar-refractivity contribution in [3.8, 4) is 0 Å². The van der Waals surface area contributed by atoms with E-state index < -0.39 is 5.97 Å². The summed E-state index contributed by atoms with van der Waals surface area (Å²) in [5, 5.41) is 12.3. The van der Waals surface area contributed by atoms with Gasteiger partial charge in [0.2, 0.25) is 0 Å². The van der Waals surface area contributed by atoms with Gasteiger partial charge in [-0.25, -0.2) is 4.79 Å². The minimum atomic E-state index is -0.700. The van der Waals surface area contributed by atoms with Crippen molar-refractivity contribution in [2.45, 2.75) is 57.5 Å². The van der Waals surface area contributed by atoms with Crippen LogP contribution < -0.4 is 5.32 Å². The zero-order chi connectivity index (χ0) is 20.3. The Balaban J connectivity index is 1.27. The first kappa shape index (κ1) is 20.2. The number of nitrogens with one attached hydrogen (secondary N) is 1. The molecule has 2 N–H and O–H groups in total. The molecule has 4 rings (SSSR count). The van der Waals surface area contributed by atoms with E-state index >= 15 is 0 Å². The Morgan fingerprint density at radius 3 is 2.52 bits per heavy atom. The predicted molar refractivity (Wildman–Crippen MR) is 111 cm³/mol. The lowest BCUT2D eigenvalue weighted by Gasteiger charge is -2.40. The molecule has 1 atom stereocenters. The molecule has 6 heteroatoms. The van der Waals surface area contributed by atoms with Gasteiger partial charge >= 0.3 is 12.0 Å². The van der Waals surface area contributed by atoms with Crippen molar-refractivity contribution in [3.05, 3.63) is 35.9 Å². The number of likely N-dealkylation sites (tertiary alicyclic amines) is 2. The first-order valence-electron chi connectivity index (χ1n) is 11.1. The van der Waals surface area contributed by atoms with Crippen LogP contribution in [0, 0.1) is 11.3 Å². The Kier molecular flexibility index (Phi) is 6.09. The second-order valence-electron chi connectivity index (χ2n) is 9.31. The largest absolute Gasteiger partial charge is 0.481 e. The molecule has 3 aliphatic rings. The first-order valence-corrected chi connectivity index (χ1v) is 11.1. The van der Waals surface area contributed by atoms with Crippen LogP contribution in [0.2, 0.25) is 0 Å². The van der Waals surface area contributed by atoms with Crippen molar-refractivity contribution in [2.75, 3.05) is 26.2 Å². The number of carbonyl (C=O) groups excluding carboxylic acids is 1. The van der Waals surface area contributed by atoms with E-state index in [1.807, 2.05) is 4.90 Å². The van der Waals surface area contributed by atoms with E-state index in [0.717, 1.165) is 52.0 Å². The number of urea groups is 1. The molecular formula is C23H33N3O3. The van der Waals surface area contributed by atoms with Crippen LogP contribution in [0.3, 0.4) is 0 Å². The second-order valence-corrected chi connectivity index (χ2v) is 9.31. The maximum Gasteiger partial charge on any atom is 0.317 e. The maximum absolute atomic E-state index is 12.8. The van der Waals surface area contributed by atoms with Crippen LogP contribution in [0.5, 0.6) is 0 Å². The molecule has 0 aromatic heterocycles. The molecule has 158 valence electrons. The fourth-order valence-electron chi connectivity index (χ4n) is 5.48. The molecule has 1 aromatic rings. The molecule has 1 aliphatic carbocycles. The summed E-state index contributed by atoms with van der Waals surface area (Å²) in [7, 11) is 0. The second kappa shape index (κ2) is 8.74. The molecule has 1 spiro atoms. The summed E-state index contributed by atoms with van der Waals surface area (Å²) in [6.07, 6.45) is 6.35. The number of aliphatic carboxylic acids is 1. The summed E-state index contributed by atoms with van der Waals surface area (Å²) in [5.74, 6) is -0.940. The van der Waals surface area contributed by atoms with Gasteiger partial charge in [-0.2, -0.15) is 0 Å². The fraction of sp³-hybridized carbons (Fsp3) is 0.652. The summed E-state index contributed by atoms with van der Waals surface area (Å²) < 4.78 is 0. The smallest absolute Gasteiger partial charge is 0.317 e. The van der Waals surface area contributed by atoms with Gasteiger partial charge in [-0.15, -0.1) is 0 Å². The van der Waals surface area contributed by atoms with Crippen molar-refractivity contribution in [1.82, 2.24) is 15.1 Å². The van der Waals surface area contributed by atoms with E-state index in [-0.39, 0.29) is 23.4 Å². The Morgan fingerprint density at radius 1 is 1.03 bits per heavy atom. The summed E-state index contributed by atoms with van der Waals surface area (Å²) in [5.41, 5.74) is 1.58. The molecule has 1 unspecified atom stereocenters. The lowest BCUT2D eigenvalue weighted by molar-refractivity contribution is -0.142. The predicted octanol–water partition coefficient (Wildman–Crippen LogP) is 3.33. The van der Waals surface area contributed by atoms with Gasteiger partial charge in [-0.3, -0.25) is 9.69 Å². The average molecular weight is 400 g/mol. The third-order valence-corrected chi connectivity index (χ3v) is 7.12. The van der Waals surface area contributed by atoms with Gasteiger partial charge in [0, 0.05) is 37.6 Å². The minimum Gasteiger partial charge on any atom is -0.481 e. The fourth-order valence-corrected chi connectivity index (χ4v) is 5.48. The van der Waals surface area contributed by atoms with E-state index in [2.05, 4.69) is 40.5 Å². The average Bonchev–Trinajstić information content (AvgIpc) is 3.12. The zero-order valence-electron chi connectivity index (χ0n) is 17.2. The van der Waals surface area contributed by atoms with E-state index in [9.17, 15) is 9.59 Å². The highest BCUT2D eigenvalue weighted by molar-refractivity contribution is 5.75. The minimum absolute atomic E-state index is 0.0424. The Morgan fingerprint density at radius 2 is 1.79 bits per heavy atom. The molecule has 2 saturated heterocycles. The van der Waals surface area contributed by atoms with Crippen molar-refractivity contribution in [1.29, 1.82) is 0 Å². The Labute approximate surface area is 173 Å². The van der Waals surface area contributed by atoms with Crippen LogP contribution in [0.1, 0.15) is 50.5 Å². The number of carboxylic acid groups (broad SMARTS) is 1. The number of piperidine rings is 1. The normalized spacial score (nSPS) is 30.4. The van der Waals surface area contributed by atoms with Crippen molar-refractivity contribution in [2.24, 2.45) is 11.3 Å². The summed E-state index contributed by atoms with van der Waals surface area (Å²) in [6.45, 7) is 4.86. The molecule has 6 nitrogen and oxygen atoms in total. The summed E-state index contributed by atoms with van der Waals surface area (Å²) >= 11 is 0. The highest BCUT2D eigenvalue weighted by Crippen LogP contribution is 2.39. The monoisotopic (exact) mass is 399 g/mol. The van der Waals surface area contributed by atoms with Crippen molar-refractivity contribution >= 4 is 12.0 Å². The molecule has 3 fully saturated rings. The molecular weight excluding hydrogens is 366 g/mol. The Bertz CT molecular complexity index is 717. The number of hydrogen-bond acceptors (Lipinski definition) is 3. The SMILES string of the molecule is O=C(O)C1CCC(NC(=O)N2CCC3(CCCN(Cc4ccccc4)C3)C2)CC1. The number of nitrogens with zero attached hydrogens (tertiary/aromatic N) is 2. The number of amides is 2. The molecule has 2 amide bonds. The third kappa shape index (κ3) is 4.92. The number of rotatable bonds is 4. The quantitative estimate of drug-likeness (QED) is 0.815. The van der Waals surface area contributed by atoms with Crippen LogP contribution >= 0.6 is 0 Å². The lowest BCUT2D eigenvalue weighted by atomic mass is 9.79. The van der Waals surface area contributed by atoms with Crippen LogP contribution in [0.4, 0.5) is 4.79 Å². The molecule has 1 saturated carbocycles. The highest BCUT2D eigenvalue weighted by Gasteiger charge is 2.43. The van der Waals surface area contributed by atoms with Gasteiger partial charge in [0.15, 0.2) is 0 Å². The Hall–Kier alpha value is -2.08. The van der Waals surface area contributed by atoms with Gasteiger partial charge in [-0.1, -0.05) is 30.3 Å². The first-order chi connectivity index (χ1) is 14.0. The van der Waals surface area contributed by atoms with Gasteiger partial charge in [0.1, 0.15) is 0 Å². The summed E-state index contributed by atoms with van der Waals surface area (Å²) in [6, 6.07) is 10.8. The molecule has 0 bridgehead atoms. The van der Waals surface area contributed by atoms with E-state index in [1.54, 1.807) is 0 Å². The number of benzene rings is 1. The van der Waals surface area contributed by atoms with Gasteiger partial charge < -0.3 is 15.3 Å². The molecule has 1 aromatic carbocycles. The van der Waals surface area contributed by atoms with E-state index in [0.29, 0.717) is 12.8 Å². The van der Waals surface area contributed by atoms with Gasteiger partial charge in [-0.05, 0) is 57.1 Å². The molecule has 2 heterocycles. The van der Waals surface area contributed by atoms with E-state index in [4.69, 9.17) is 5.11 Å². The number of carboxylic acids is 1. The van der Waals surface area contributed by atoms with E-state index in [1.165, 1.54) is 18.4 Å². The zero-order valence-corrected chi connectivity index (χ0v) is 17.2. The standard InChI is InChI=1S/C23H33N3O3/c27-21(28)19-7-9-20(10-8-19)24-22(29)26-14-12-23(17-26)11-4-13-25(16-23)15-18-5-2-1-3-6-18/h1-3,5-6,19-20H,4,7-17H2,(H,24,29)(H,27,28). The topological polar surface area (TPSA) is 72.9 Å². The highest BCUT2D eigenvalue weighted by atomic mass is 16.4. The van der Waals surface area contributed by atoms with Crippen molar-refractivity contribution < 1.29 is 14.7 Å². The van der Waals surface area contributed by atoms with Gasteiger partial charge in [0.25, 0.3) is 0 Å². The summed E-state index contributed by atoms with van der Waals surface area (Å²) in [4.78, 5) is 28.5. The third-order valence-electron chi connectivity index (χ3n) is 7.12. The maximum atomic E-state index is 12.8. The van der Waals surface area contributed by atoms with Crippen LogP contribution in [0.15, 0.2) is 30.3 Å². The van der Waals surface area contributed by atoms with Crippen LogP contribution in [-0.4, -0.2) is 59.1 Å². The number of carbonyl (C=O) groups is 2. The van der Waals surface area contributed by atoms with Crippen LogP contribution in [0.25, 0.3) is 0 Å². The van der Waals surface area contributed by atoms with Crippen molar-refractivity contribution in [3.63, 3.8) is 0 Å². The molecule has 0 radical (unpaired) electrons. The van der Waals surface area contributed by atoms with Gasteiger partial charge in [0.05, 0.1) is 5.92 Å². The molecule has 2 aliphatic heterocycles. The number of hydrogen-bond donors (Lipinski definition) is 2. The lowest BCUT2D eigenvalue weighted by Crippen LogP contribution is -2.48. The van der Waals surface area contributed by atoms with Crippen LogP contribution in [-0.2, 0) is 11.3 Å².